The number of aliphatic hydroxyl groups excluding tert-OH is 1. The van der Waals surface area contributed by atoms with E-state index in [0.717, 1.165) is 30.6 Å². The van der Waals surface area contributed by atoms with Crippen molar-refractivity contribution in [2.24, 2.45) is 0 Å². The Balaban J connectivity index is 1.04. The molecule has 9 nitrogen and oxygen atoms in total. The SMILES string of the molecule is O=C(NCc1ccc[n+](COC(=O)N2CCCC2CO)c1)Nc1ccc(OCCc2ccccc2-c2ccccc2)cc1. The fourth-order valence-electron chi connectivity index (χ4n) is 5.15. The van der Waals surface area contributed by atoms with E-state index in [1.807, 2.05) is 54.7 Å². The van der Waals surface area contributed by atoms with Gasteiger partial charge in [0.25, 0.3) is 6.73 Å². The van der Waals surface area contributed by atoms with Gasteiger partial charge in [0.15, 0.2) is 12.4 Å². The van der Waals surface area contributed by atoms with Gasteiger partial charge in [-0.15, -0.1) is 0 Å². The van der Waals surface area contributed by atoms with Gasteiger partial charge < -0.3 is 30.1 Å². The van der Waals surface area contributed by atoms with Crippen molar-refractivity contribution < 1.29 is 28.7 Å². The maximum absolute atomic E-state index is 12.5. The van der Waals surface area contributed by atoms with Crippen molar-refractivity contribution >= 4 is 17.8 Å². The lowest BCUT2D eigenvalue weighted by atomic mass is 9.98. The number of nitrogens with one attached hydrogen (secondary N) is 2. The molecule has 1 aromatic heterocycles. The highest BCUT2D eigenvalue weighted by atomic mass is 16.6. The van der Waals surface area contributed by atoms with E-state index < -0.39 is 6.09 Å². The lowest BCUT2D eigenvalue weighted by molar-refractivity contribution is -0.727. The van der Waals surface area contributed by atoms with E-state index in [9.17, 15) is 14.7 Å². The second-order valence-corrected chi connectivity index (χ2v) is 10.4. The highest BCUT2D eigenvalue weighted by molar-refractivity contribution is 5.89. The van der Waals surface area contributed by atoms with E-state index in [4.69, 9.17) is 9.47 Å². The predicted molar refractivity (Wildman–Crippen MR) is 163 cm³/mol. The Morgan fingerprint density at radius 1 is 0.953 bits per heavy atom. The molecule has 3 aromatic carbocycles. The van der Waals surface area contributed by atoms with Crippen molar-refractivity contribution in [3.8, 4) is 16.9 Å². The van der Waals surface area contributed by atoms with Gasteiger partial charge in [-0.1, -0.05) is 54.6 Å². The molecule has 2 heterocycles. The number of urea groups is 1. The molecular formula is C34H37N4O5+. The third-order valence-electron chi connectivity index (χ3n) is 7.39. The molecule has 1 aliphatic heterocycles. The van der Waals surface area contributed by atoms with Crippen LogP contribution in [0.3, 0.4) is 0 Å². The number of hydrogen-bond donors (Lipinski definition) is 3. The number of ether oxygens (including phenoxy) is 2. The van der Waals surface area contributed by atoms with Crippen LogP contribution in [0.25, 0.3) is 11.1 Å². The molecule has 1 unspecified atom stereocenters. The van der Waals surface area contributed by atoms with Crippen molar-refractivity contribution in [3.63, 3.8) is 0 Å². The number of pyridine rings is 1. The van der Waals surface area contributed by atoms with Crippen LogP contribution in [0.1, 0.15) is 24.0 Å². The largest absolute Gasteiger partial charge is 0.493 e. The summed E-state index contributed by atoms with van der Waals surface area (Å²) in [6.07, 6.45) is 5.58. The Hall–Kier alpha value is -4.89. The van der Waals surface area contributed by atoms with Gasteiger partial charge in [0.1, 0.15) is 5.75 Å². The third kappa shape index (κ3) is 8.33. The maximum Gasteiger partial charge on any atom is 0.414 e. The number of hydrogen-bond acceptors (Lipinski definition) is 5. The molecule has 1 saturated heterocycles. The Labute approximate surface area is 251 Å². The Bertz CT molecular complexity index is 1500. The Morgan fingerprint density at radius 3 is 2.56 bits per heavy atom. The van der Waals surface area contributed by atoms with E-state index in [0.29, 0.717) is 25.4 Å². The molecule has 4 aromatic rings. The number of anilines is 1. The molecule has 3 N–H and O–H groups in total. The number of carbonyl (C=O) groups is 2. The van der Waals surface area contributed by atoms with Crippen molar-refractivity contribution in [1.29, 1.82) is 0 Å². The number of benzene rings is 3. The molecule has 1 aliphatic rings. The highest BCUT2D eigenvalue weighted by Crippen LogP contribution is 2.24. The van der Waals surface area contributed by atoms with Crippen LogP contribution in [0.4, 0.5) is 15.3 Å². The van der Waals surface area contributed by atoms with Crippen LogP contribution in [0.5, 0.6) is 5.75 Å². The van der Waals surface area contributed by atoms with E-state index in [2.05, 4.69) is 41.0 Å². The molecule has 9 heteroatoms. The van der Waals surface area contributed by atoms with Gasteiger partial charge in [0.05, 0.1) is 25.8 Å². The minimum absolute atomic E-state index is 0.0431. The molecule has 0 radical (unpaired) electrons. The summed E-state index contributed by atoms with van der Waals surface area (Å²) in [7, 11) is 0. The minimum atomic E-state index is -0.434. The number of likely N-dealkylation sites (tertiary alicyclic amines) is 1. The van der Waals surface area contributed by atoms with Gasteiger partial charge in [0, 0.05) is 30.3 Å². The summed E-state index contributed by atoms with van der Waals surface area (Å²) in [5, 5.41) is 15.1. The molecule has 43 heavy (non-hydrogen) atoms. The summed E-state index contributed by atoms with van der Waals surface area (Å²) in [5.74, 6) is 0.731. The molecule has 5 rings (SSSR count). The van der Waals surface area contributed by atoms with Crippen molar-refractivity contribution in [2.45, 2.75) is 38.6 Å². The summed E-state index contributed by atoms with van der Waals surface area (Å²) in [6.45, 7) is 1.41. The summed E-state index contributed by atoms with van der Waals surface area (Å²) >= 11 is 0. The van der Waals surface area contributed by atoms with Crippen LogP contribution in [0, 0.1) is 0 Å². The van der Waals surface area contributed by atoms with Crippen molar-refractivity contribution in [3.05, 3.63) is 115 Å². The van der Waals surface area contributed by atoms with Crippen LogP contribution < -0.4 is 19.9 Å². The Kier molecular flexibility index (Phi) is 10.2. The van der Waals surface area contributed by atoms with E-state index in [1.165, 1.54) is 16.7 Å². The molecule has 0 bridgehead atoms. The fourth-order valence-corrected chi connectivity index (χ4v) is 5.15. The monoisotopic (exact) mass is 581 g/mol. The van der Waals surface area contributed by atoms with E-state index >= 15 is 0 Å². The van der Waals surface area contributed by atoms with Gasteiger partial charge >= 0.3 is 12.1 Å². The fraction of sp³-hybridized carbons (Fsp3) is 0.265. The summed E-state index contributed by atoms with van der Waals surface area (Å²) in [6, 6.07) is 29.2. The number of nitrogens with zero attached hydrogens (tertiary/aromatic N) is 2. The first-order chi connectivity index (χ1) is 21.1. The van der Waals surface area contributed by atoms with Gasteiger partial charge in [-0.2, -0.15) is 4.57 Å². The number of aliphatic hydroxyl groups is 1. The molecule has 1 atom stereocenters. The van der Waals surface area contributed by atoms with Crippen LogP contribution in [-0.2, 0) is 24.4 Å². The highest BCUT2D eigenvalue weighted by Gasteiger charge is 2.29. The first-order valence-corrected chi connectivity index (χ1v) is 14.5. The number of carbonyl (C=O) groups excluding carboxylic acids is 2. The first-order valence-electron chi connectivity index (χ1n) is 14.5. The van der Waals surface area contributed by atoms with Crippen LogP contribution in [-0.4, -0.2) is 47.9 Å². The third-order valence-corrected chi connectivity index (χ3v) is 7.39. The minimum Gasteiger partial charge on any atom is -0.493 e. The summed E-state index contributed by atoms with van der Waals surface area (Å²) in [4.78, 5) is 26.4. The molecule has 0 saturated carbocycles. The van der Waals surface area contributed by atoms with Gasteiger partial charge in [-0.25, -0.2) is 9.59 Å². The lowest BCUT2D eigenvalue weighted by Gasteiger charge is -2.21. The molecule has 1 fully saturated rings. The van der Waals surface area contributed by atoms with Gasteiger partial charge in [-0.3, -0.25) is 0 Å². The van der Waals surface area contributed by atoms with Crippen LogP contribution in [0.15, 0.2) is 103 Å². The second-order valence-electron chi connectivity index (χ2n) is 10.4. The molecule has 3 amide bonds. The average Bonchev–Trinajstić information content (AvgIpc) is 3.54. The lowest BCUT2D eigenvalue weighted by Crippen LogP contribution is -2.42. The quantitative estimate of drug-likeness (QED) is 0.213. The zero-order valence-corrected chi connectivity index (χ0v) is 24.0. The standard InChI is InChI=1S/C34H36N4O5/c39-24-30-12-7-20-38(30)34(41)43-25-37-19-6-8-26(23-37)22-35-33(40)36-29-14-16-31(17-15-29)42-21-18-28-11-4-5-13-32(28)27-9-2-1-3-10-27/h1-6,8-11,13-17,19,23,30,39H,7,12,18,20-22,24-25H2,(H-,35,36,40)/p+1. The topological polar surface area (TPSA) is 104 Å². The summed E-state index contributed by atoms with van der Waals surface area (Å²) in [5.41, 5.74) is 5.12. The average molecular weight is 582 g/mol. The zero-order chi connectivity index (χ0) is 29.9. The zero-order valence-electron chi connectivity index (χ0n) is 24.0. The normalized spacial score (nSPS) is 14.3. The maximum atomic E-state index is 12.5. The predicted octanol–water partition coefficient (Wildman–Crippen LogP) is 5.14. The Morgan fingerprint density at radius 2 is 1.74 bits per heavy atom. The van der Waals surface area contributed by atoms with Crippen LogP contribution >= 0.6 is 0 Å². The first kappa shape index (κ1) is 29.6. The molecular weight excluding hydrogens is 544 g/mol. The van der Waals surface area contributed by atoms with E-state index in [1.54, 1.807) is 27.8 Å². The molecule has 0 spiro atoms. The van der Waals surface area contributed by atoms with Gasteiger partial charge in [-0.05, 0) is 59.9 Å². The smallest absolute Gasteiger partial charge is 0.414 e. The van der Waals surface area contributed by atoms with Crippen molar-refractivity contribution in [2.75, 3.05) is 25.1 Å². The van der Waals surface area contributed by atoms with Crippen LogP contribution in [0.2, 0.25) is 0 Å². The number of aromatic nitrogens is 1. The second kappa shape index (κ2) is 14.8. The molecule has 0 aliphatic carbocycles. The van der Waals surface area contributed by atoms with E-state index in [-0.39, 0.29) is 25.4 Å². The number of rotatable bonds is 11. The van der Waals surface area contributed by atoms with Gasteiger partial charge in [0.2, 0.25) is 0 Å². The summed E-state index contributed by atoms with van der Waals surface area (Å²) < 4.78 is 13.1. The molecule has 222 valence electrons. The van der Waals surface area contributed by atoms with Crippen molar-refractivity contribution in [1.82, 2.24) is 10.2 Å². The number of amides is 3.